The zero-order valence-corrected chi connectivity index (χ0v) is 21.9. The van der Waals surface area contributed by atoms with Crippen molar-refractivity contribution in [3.63, 3.8) is 0 Å². The average Bonchev–Trinajstić information content (AvgIpc) is 2.88. The van der Waals surface area contributed by atoms with Crippen LogP contribution in [0.4, 0.5) is 0 Å². The molecule has 0 aromatic heterocycles. The van der Waals surface area contributed by atoms with E-state index >= 15 is 0 Å². The molecule has 0 bridgehead atoms. The Bertz CT molecular complexity index is 1210. The summed E-state index contributed by atoms with van der Waals surface area (Å²) in [5.74, 6) is 0.709. The Morgan fingerprint density at radius 3 is 2.27 bits per heavy atom. The summed E-state index contributed by atoms with van der Waals surface area (Å²) in [5, 5.41) is 6.89. The highest BCUT2D eigenvalue weighted by Crippen LogP contribution is 2.18. The number of para-hydroxylation sites is 2. The van der Waals surface area contributed by atoms with Crippen LogP contribution in [0.2, 0.25) is 0 Å². The number of amides is 2. The molecule has 0 saturated heterocycles. The number of hydrazone groups is 1. The van der Waals surface area contributed by atoms with Gasteiger partial charge in [-0.05, 0) is 55.5 Å². The monoisotopic (exact) mass is 501 g/mol. The second kappa shape index (κ2) is 13.8. The second-order valence-electron chi connectivity index (χ2n) is 9.35. The minimum Gasteiger partial charge on any atom is -0.488 e. The van der Waals surface area contributed by atoms with Crippen LogP contribution in [0.3, 0.4) is 0 Å². The fraction of sp³-hybridized carbons (Fsp3) is 0.300. The lowest BCUT2D eigenvalue weighted by atomic mass is 10.0. The zero-order chi connectivity index (χ0) is 26.6. The van der Waals surface area contributed by atoms with Crippen LogP contribution < -0.4 is 20.2 Å². The van der Waals surface area contributed by atoms with Gasteiger partial charge < -0.3 is 14.8 Å². The van der Waals surface area contributed by atoms with Gasteiger partial charge in [0.2, 0.25) is 0 Å². The summed E-state index contributed by atoms with van der Waals surface area (Å²) in [6, 6.07) is 22.3. The van der Waals surface area contributed by atoms with E-state index in [0.29, 0.717) is 24.5 Å². The van der Waals surface area contributed by atoms with Gasteiger partial charge in [0, 0.05) is 5.56 Å². The number of benzene rings is 3. The number of hydrogen-bond acceptors (Lipinski definition) is 5. The van der Waals surface area contributed by atoms with Crippen LogP contribution in [0, 0.1) is 19.8 Å². The van der Waals surface area contributed by atoms with Crippen molar-refractivity contribution in [1.82, 2.24) is 10.7 Å². The summed E-state index contributed by atoms with van der Waals surface area (Å²) in [6.07, 6.45) is 2.01. The standard InChI is InChI=1S/C30H35N3O4/c1-21(2)17-26(32-29(34)20-37-27-11-7-5-9-23(27)4)30(35)33-31-18-25-10-6-8-12-28(25)36-19-24-15-13-22(3)14-16-24/h5-16,18,21,26H,17,19-20H2,1-4H3,(H,32,34)(H,33,35)/b31-18-/t26-/m0/s1. The van der Waals surface area contributed by atoms with Crippen molar-refractivity contribution >= 4 is 18.0 Å². The van der Waals surface area contributed by atoms with Gasteiger partial charge in [-0.3, -0.25) is 9.59 Å². The van der Waals surface area contributed by atoms with Gasteiger partial charge in [0.15, 0.2) is 6.61 Å². The summed E-state index contributed by atoms with van der Waals surface area (Å²) < 4.78 is 11.6. The van der Waals surface area contributed by atoms with Crippen molar-refractivity contribution in [3.05, 3.63) is 95.1 Å². The highest BCUT2D eigenvalue weighted by Gasteiger charge is 2.22. The lowest BCUT2D eigenvalue weighted by molar-refractivity contribution is -0.130. The number of carbonyl (C=O) groups excluding carboxylic acids is 2. The van der Waals surface area contributed by atoms with E-state index in [-0.39, 0.29) is 18.4 Å². The highest BCUT2D eigenvalue weighted by molar-refractivity contribution is 5.89. The van der Waals surface area contributed by atoms with Gasteiger partial charge in [0.05, 0.1) is 6.21 Å². The number of carbonyl (C=O) groups is 2. The van der Waals surface area contributed by atoms with Crippen LogP contribution in [0.5, 0.6) is 11.5 Å². The predicted molar refractivity (Wildman–Crippen MR) is 146 cm³/mol. The minimum atomic E-state index is -0.738. The SMILES string of the molecule is Cc1ccc(COc2ccccc2/C=N\NC(=O)[C@H](CC(C)C)NC(=O)COc2ccccc2C)cc1. The van der Waals surface area contributed by atoms with Crippen molar-refractivity contribution in [2.75, 3.05) is 6.61 Å². The van der Waals surface area contributed by atoms with Crippen LogP contribution in [-0.4, -0.2) is 30.7 Å². The molecule has 0 saturated carbocycles. The molecule has 2 N–H and O–H groups in total. The fourth-order valence-electron chi connectivity index (χ4n) is 3.61. The topological polar surface area (TPSA) is 89.0 Å². The molecule has 0 aliphatic heterocycles. The molecule has 3 aromatic carbocycles. The number of nitrogens with one attached hydrogen (secondary N) is 2. The molecular weight excluding hydrogens is 466 g/mol. The molecule has 0 spiro atoms. The molecule has 0 radical (unpaired) electrons. The summed E-state index contributed by atoms with van der Waals surface area (Å²) >= 11 is 0. The lowest BCUT2D eigenvalue weighted by Gasteiger charge is -2.19. The summed E-state index contributed by atoms with van der Waals surface area (Å²) in [5.41, 5.74) is 6.47. The quantitative estimate of drug-likeness (QED) is 0.272. The Labute approximate surface area is 218 Å². The van der Waals surface area contributed by atoms with Crippen molar-refractivity contribution in [3.8, 4) is 11.5 Å². The van der Waals surface area contributed by atoms with Crippen molar-refractivity contribution < 1.29 is 19.1 Å². The first-order chi connectivity index (χ1) is 17.8. The molecule has 7 nitrogen and oxygen atoms in total. The summed E-state index contributed by atoms with van der Waals surface area (Å²) in [7, 11) is 0. The molecule has 0 unspecified atom stereocenters. The fourth-order valence-corrected chi connectivity index (χ4v) is 3.61. The Hall–Kier alpha value is -4.13. The largest absolute Gasteiger partial charge is 0.488 e. The predicted octanol–water partition coefficient (Wildman–Crippen LogP) is 4.94. The van der Waals surface area contributed by atoms with E-state index < -0.39 is 11.9 Å². The normalized spacial score (nSPS) is 11.8. The van der Waals surface area contributed by atoms with E-state index in [1.54, 1.807) is 6.07 Å². The molecule has 0 fully saturated rings. The van der Waals surface area contributed by atoms with E-state index in [9.17, 15) is 9.59 Å². The van der Waals surface area contributed by atoms with Crippen molar-refractivity contribution in [1.29, 1.82) is 0 Å². The molecular formula is C30H35N3O4. The van der Waals surface area contributed by atoms with E-state index in [1.807, 2.05) is 94.4 Å². The average molecular weight is 502 g/mol. The molecule has 37 heavy (non-hydrogen) atoms. The van der Waals surface area contributed by atoms with Gasteiger partial charge in [-0.25, -0.2) is 5.43 Å². The van der Waals surface area contributed by atoms with Gasteiger partial charge >= 0.3 is 0 Å². The van der Waals surface area contributed by atoms with Crippen LogP contribution in [-0.2, 0) is 16.2 Å². The first-order valence-corrected chi connectivity index (χ1v) is 12.4. The summed E-state index contributed by atoms with van der Waals surface area (Å²) in [6.45, 7) is 8.17. The highest BCUT2D eigenvalue weighted by atomic mass is 16.5. The van der Waals surface area contributed by atoms with Crippen LogP contribution in [0.1, 0.15) is 42.5 Å². The molecule has 3 rings (SSSR count). The van der Waals surface area contributed by atoms with Gasteiger partial charge in [0.1, 0.15) is 24.1 Å². The molecule has 1 atom stereocenters. The zero-order valence-electron chi connectivity index (χ0n) is 21.9. The molecule has 0 heterocycles. The number of nitrogens with zero attached hydrogens (tertiary/aromatic N) is 1. The maximum absolute atomic E-state index is 12.8. The third-order valence-corrected chi connectivity index (χ3v) is 5.62. The molecule has 194 valence electrons. The smallest absolute Gasteiger partial charge is 0.262 e. The number of ether oxygens (including phenoxy) is 2. The first kappa shape index (κ1) is 27.5. The maximum atomic E-state index is 12.8. The van der Waals surface area contributed by atoms with Crippen LogP contribution in [0.15, 0.2) is 77.9 Å². The maximum Gasteiger partial charge on any atom is 0.262 e. The number of rotatable bonds is 12. The van der Waals surface area contributed by atoms with E-state index in [2.05, 4.69) is 15.8 Å². The first-order valence-electron chi connectivity index (χ1n) is 12.4. The minimum absolute atomic E-state index is 0.179. The number of aryl methyl sites for hydroxylation is 2. The Balaban J connectivity index is 1.57. The molecule has 2 amide bonds. The van der Waals surface area contributed by atoms with E-state index in [4.69, 9.17) is 9.47 Å². The molecule has 3 aromatic rings. The van der Waals surface area contributed by atoms with Crippen molar-refractivity contribution in [2.24, 2.45) is 11.0 Å². The summed E-state index contributed by atoms with van der Waals surface area (Å²) in [4.78, 5) is 25.3. The van der Waals surface area contributed by atoms with E-state index in [0.717, 1.165) is 16.7 Å². The Morgan fingerprint density at radius 2 is 1.57 bits per heavy atom. The van der Waals surface area contributed by atoms with E-state index in [1.165, 1.54) is 11.8 Å². The van der Waals surface area contributed by atoms with Gasteiger partial charge in [-0.15, -0.1) is 0 Å². The Morgan fingerprint density at radius 1 is 0.892 bits per heavy atom. The van der Waals surface area contributed by atoms with Gasteiger partial charge in [-0.1, -0.05) is 74.0 Å². The molecule has 0 aliphatic rings. The third-order valence-electron chi connectivity index (χ3n) is 5.62. The van der Waals surface area contributed by atoms with Crippen LogP contribution >= 0.6 is 0 Å². The lowest BCUT2D eigenvalue weighted by Crippen LogP contribution is -2.47. The van der Waals surface area contributed by atoms with Crippen molar-refractivity contribution in [2.45, 2.75) is 46.8 Å². The molecule has 0 aliphatic carbocycles. The third kappa shape index (κ3) is 9.11. The van der Waals surface area contributed by atoms with Crippen LogP contribution in [0.25, 0.3) is 0 Å². The number of hydrogen-bond donors (Lipinski definition) is 2. The Kier molecular flexibility index (Phi) is 10.3. The van der Waals surface area contributed by atoms with Gasteiger partial charge in [0.25, 0.3) is 11.8 Å². The van der Waals surface area contributed by atoms with Gasteiger partial charge in [-0.2, -0.15) is 5.10 Å². The second-order valence-corrected chi connectivity index (χ2v) is 9.35. The molecule has 7 heteroatoms.